The summed E-state index contributed by atoms with van der Waals surface area (Å²) in [5.41, 5.74) is 0. The number of ether oxygens (including phenoxy) is 1. The van der Waals surface area contributed by atoms with E-state index in [1.165, 1.54) is 186 Å². The first-order valence-corrected chi connectivity index (χ1v) is 25.9. The second-order valence-electron chi connectivity index (χ2n) is 18.0. The van der Waals surface area contributed by atoms with Crippen molar-refractivity contribution in [3.63, 3.8) is 0 Å². The molecule has 0 aromatic carbocycles. The SMILES string of the molecule is CCCCCCCCCCCCCCCCCCCCCC(=O)OC(CCCCCCCCCCCCCCC)CCCCCCCC(=O)NCC(=O)NC(CO)C(=O)O. The smallest absolute Gasteiger partial charge is 0.328 e. The van der Waals surface area contributed by atoms with Crippen molar-refractivity contribution in [2.45, 2.75) is 289 Å². The van der Waals surface area contributed by atoms with Crippen molar-refractivity contribution in [3.05, 3.63) is 0 Å². The third kappa shape index (κ3) is 42.5. The number of nitrogens with one attached hydrogen (secondary N) is 2. The Morgan fingerprint density at radius 1 is 0.433 bits per heavy atom. The fourth-order valence-electron chi connectivity index (χ4n) is 8.13. The second kappa shape index (κ2) is 46.3. The van der Waals surface area contributed by atoms with E-state index in [-0.39, 0.29) is 24.5 Å². The van der Waals surface area contributed by atoms with Gasteiger partial charge in [-0.1, -0.05) is 226 Å². The highest BCUT2D eigenvalue weighted by molar-refractivity contribution is 5.87. The van der Waals surface area contributed by atoms with Crippen LogP contribution in [0, 0.1) is 0 Å². The molecule has 0 spiro atoms. The molecule has 0 rings (SSSR count). The summed E-state index contributed by atoms with van der Waals surface area (Å²) in [7, 11) is 0. The number of carbonyl (C=O) groups is 4. The van der Waals surface area contributed by atoms with Gasteiger partial charge in [-0.05, 0) is 38.5 Å². The Bertz CT molecular complexity index is 977. The molecule has 4 N–H and O–H groups in total. The summed E-state index contributed by atoms with van der Waals surface area (Å²) in [6.45, 7) is 3.53. The Balaban J connectivity index is 4.21. The van der Waals surface area contributed by atoms with Crippen LogP contribution in [0.5, 0.6) is 0 Å². The summed E-state index contributed by atoms with van der Waals surface area (Å²) in [5.74, 6) is -2.26. The van der Waals surface area contributed by atoms with Crippen molar-refractivity contribution in [2.24, 2.45) is 0 Å². The first kappa shape index (κ1) is 57.8. The van der Waals surface area contributed by atoms with Crippen LogP contribution in [0.15, 0.2) is 0 Å². The molecule has 0 radical (unpaired) electrons. The number of aliphatic hydroxyl groups is 1. The molecule has 354 valence electrons. The summed E-state index contributed by atoms with van der Waals surface area (Å²) in [6.07, 6.45) is 50.0. The number of aliphatic carboxylic acids is 1. The Morgan fingerprint density at radius 3 is 1.08 bits per heavy atom. The number of unbranched alkanes of at least 4 members (excludes halogenated alkanes) is 34. The lowest BCUT2D eigenvalue weighted by molar-refractivity contribution is -0.150. The van der Waals surface area contributed by atoms with Crippen LogP contribution < -0.4 is 10.6 Å². The highest BCUT2D eigenvalue weighted by Crippen LogP contribution is 2.20. The normalized spacial score (nSPS) is 12.3. The third-order valence-electron chi connectivity index (χ3n) is 12.1. The number of amides is 2. The second-order valence-corrected chi connectivity index (χ2v) is 18.0. The predicted molar refractivity (Wildman–Crippen MR) is 250 cm³/mol. The zero-order valence-corrected chi connectivity index (χ0v) is 39.5. The van der Waals surface area contributed by atoms with Crippen LogP contribution in [0.2, 0.25) is 0 Å². The maximum atomic E-state index is 12.9. The monoisotopic (exact) mass is 851 g/mol. The molecule has 0 saturated carbocycles. The molecule has 0 aliphatic rings. The molecule has 9 heteroatoms. The van der Waals surface area contributed by atoms with Gasteiger partial charge in [0.2, 0.25) is 11.8 Å². The Labute approximate surface area is 369 Å². The molecule has 0 aromatic heterocycles. The van der Waals surface area contributed by atoms with Gasteiger partial charge < -0.3 is 25.6 Å². The topological polar surface area (TPSA) is 142 Å². The predicted octanol–water partition coefficient (Wildman–Crippen LogP) is 13.6. The van der Waals surface area contributed by atoms with Gasteiger partial charge in [-0.25, -0.2) is 4.79 Å². The van der Waals surface area contributed by atoms with E-state index in [1.54, 1.807) is 0 Å². The molecule has 0 aliphatic carbocycles. The van der Waals surface area contributed by atoms with Crippen molar-refractivity contribution in [3.8, 4) is 0 Å². The van der Waals surface area contributed by atoms with Crippen molar-refractivity contribution >= 4 is 23.8 Å². The van der Waals surface area contributed by atoms with Crippen LogP contribution in [0.4, 0.5) is 0 Å². The average molecular weight is 851 g/mol. The molecule has 9 nitrogen and oxygen atoms in total. The van der Waals surface area contributed by atoms with Crippen LogP contribution in [0.3, 0.4) is 0 Å². The quantitative estimate of drug-likeness (QED) is 0.0353. The summed E-state index contributed by atoms with van der Waals surface area (Å²) in [4.78, 5) is 47.8. The Morgan fingerprint density at radius 2 is 0.750 bits per heavy atom. The lowest BCUT2D eigenvalue weighted by Gasteiger charge is -2.18. The molecule has 60 heavy (non-hydrogen) atoms. The van der Waals surface area contributed by atoms with Crippen LogP contribution in [-0.2, 0) is 23.9 Å². The molecule has 2 atom stereocenters. The minimum absolute atomic E-state index is 0.00555. The maximum Gasteiger partial charge on any atom is 0.328 e. The van der Waals surface area contributed by atoms with Crippen LogP contribution in [-0.4, -0.2) is 59.3 Å². The lowest BCUT2D eigenvalue weighted by Crippen LogP contribution is -2.47. The molecule has 0 fully saturated rings. The zero-order valence-electron chi connectivity index (χ0n) is 39.5. The van der Waals surface area contributed by atoms with E-state index >= 15 is 0 Å². The Kier molecular flexibility index (Phi) is 44.7. The standard InChI is InChI=1S/C51H98N2O7/c1-3-5-7-9-11-13-15-17-18-19-20-21-22-24-26-28-30-35-39-43-50(57)60-46(40-36-32-29-27-25-23-16-14-12-10-8-6-4-2)41-37-33-31-34-38-42-48(55)52-44-49(56)53-47(45-54)51(58)59/h46-47,54H,3-45H2,1-2H3,(H,52,55)(H,53,56)(H,58,59). The van der Waals surface area contributed by atoms with E-state index in [9.17, 15) is 19.2 Å². The van der Waals surface area contributed by atoms with Crippen molar-refractivity contribution < 1.29 is 34.1 Å². The summed E-state index contributed by atoms with van der Waals surface area (Å²) in [5, 5.41) is 22.6. The maximum absolute atomic E-state index is 12.9. The van der Waals surface area contributed by atoms with Gasteiger partial charge in [0, 0.05) is 12.8 Å². The molecule has 0 aliphatic heterocycles. The van der Waals surface area contributed by atoms with E-state index in [0.29, 0.717) is 19.3 Å². The van der Waals surface area contributed by atoms with Gasteiger partial charge >= 0.3 is 11.9 Å². The van der Waals surface area contributed by atoms with Crippen LogP contribution in [0.25, 0.3) is 0 Å². The molecule has 0 aromatic rings. The number of carboxylic acids is 1. The minimum Gasteiger partial charge on any atom is -0.480 e. The molecule has 0 saturated heterocycles. The number of carbonyl (C=O) groups excluding carboxylic acids is 3. The molecule has 0 bridgehead atoms. The van der Waals surface area contributed by atoms with Crippen molar-refractivity contribution in [1.29, 1.82) is 0 Å². The average Bonchev–Trinajstić information content (AvgIpc) is 3.23. The summed E-state index contributed by atoms with van der Waals surface area (Å²) in [6, 6.07) is -1.38. The van der Waals surface area contributed by atoms with Gasteiger partial charge in [0.15, 0.2) is 0 Å². The van der Waals surface area contributed by atoms with Gasteiger partial charge in [0.1, 0.15) is 12.1 Å². The minimum atomic E-state index is -1.38. The number of hydrogen-bond donors (Lipinski definition) is 4. The number of rotatable bonds is 48. The van der Waals surface area contributed by atoms with Crippen LogP contribution in [0.1, 0.15) is 277 Å². The van der Waals surface area contributed by atoms with E-state index in [4.69, 9.17) is 14.9 Å². The van der Waals surface area contributed by atoms with E-state index < -0.39 is 24.5 Å². The molecular formula is C51H98N2O7. The molecule has 2 amide bonds. The lowest BCUT2D eigenvalue weighted by atomic mass is 10.0. The van der Waals surface area contributed by atoms with Gasteiger partial charge in [0.25, 0.3) is 0 Å². The summed E-state index contributed by atoms with van der Waals surface area (Å²) < 4.78 is 6.07. The van der Waals surface area contributed by atoms with Crippen molar-refractivity contribution in [1.82, 2.24) is 10.6 Å². The number of carboxylic acid groups (broad SMARTS) is 1. The first-order chi connectivity index (χ1) is 29.3. The number of hydrogen-bond acceptors (Lipinski definition) is 6. The van der Waals surface area contributed by atoms with E-state index in [2.05, 4.69) is 24.5 Å². The summed E-state index contributed by atoms with van der Waals surface area (Å²) >= 11 is 0. The van der Waals surface area contributed by atoms with Gasteiger partial charge in [-0.2, -0.15) is 0 Å². The largest absolute Gasteiger partial charge is 0.480 e. The van der Waals surface area contributed by atoms with Gasteiger partial charge in [0.05, 0.1) is 13.2 Å². The molecule has 0 heterocycles. The van der Waals surface area contributed by atoms with E-state index in [0.717, 1.165) is 57.8 Å². The third-order valence-corrected chi connectivity index (χ3v) is 12.1. The number of aliphatic hydroxyl groups excluding tert-OH is 1. The van der Waals surface area contributed by atoms with Gasteiger partial charge in [-0.3, -0.25) is 14.4 Å². The highest BCUT2D eigenvalue weighted by Gasteiger charge is 2.19. The fraction of sp³-hybridized carbons (Fsp3) is 0.922. The van der Waals surface area contributed by atoms with Crippen LogP contribution >= 0.6 is 0 Å². The van der Waals surface area contributed by atoms with E-state index in [1.807, 2.05) is 0 Å². The molecule has 2 unspecified atom stereocenters. The first-order valence-electron chi connectivity index (χ1n) is 25.9. The number of esters is 1. The van der Waals surface area contributed by atoms with Crippen molar-refractivity contribution in [2.75, 3.05) is 13.2 Å². The van der Waals surface area contributed by atoms with Gasteiger partial charge in [-0.15, -0.1) is 0 Å². The zero-order chi connectivity index (χ0) is 44.0. The Hall–Kier alpha value is -2.16. The highest BCUT2D eigenvalue weighted by atomic mass is 16.5. The fourth-order valence-corrected chi connectivity index (χ4v) is 8.13. The molecular weight excluding hydrogens is 753 g/mol.